The highest BCUT2D eigenvalue weighted by Gasteiger charge is 2.21. The topological polar surface area (TPSA) is 89.9 Å². The third-order valence-corrected chi connectivity index (χ3v) is 4.79. The summed E-state index contributed by atoms with van der Waals surface area (Å²) in [4.78, 5) is 27.0. The fourth-order valence-corrected chi connectivity index (χ4v) is 3.37. The number of imidazole rings is 1. The molecule has 1 aliphatic heterocycles. The number of nitrogens with zero attached hydrogens (tertiary/aromatic N) is 5. The molecule has 0 saturated carbocycles. The van der Waals surface area contributed by atoms with Gasteiger partial charge in [0.05, 0.1) is 24.4 Å². The van der Waals surface area contributed by atoms with Gasteiger partial charge in [-0.05, 0) is 38.0 Å². The summed E-state index contributed by atoms with van der Waals surface area (Å²) in [6, 6.07) is 0. The summed E-state index contributed by atoms with van der Waals surface area (Å²) in [5, 5.41) is 0. The minimum atomic E-state index is 0.271. The molecule has 2 aromatic heterocycles. The van der Waals surface area contributed by atoms with Gasteiger partial charge in [0.15, 0.2) is 0 Å². The summed E-state index contributed by atoms with van der Waals surface area (Å²) in [5.41, 5.74) is 6.57. The lowest BCUT2D eigenvalue weighted by atomic mass is 9.95. The molecule has 0 bridgehead atoms. The molecule has 1 fully saturated rings. The van der Waals surface area contributed by atoms with Crippen LogP contribution >= 0.6 is 0 Å². The van der Waals surface area contributed by atoms with Crippen molar-refractivity contribution in [3.8, 4) is 0 Å². The molecule has 0 unspecified atom stereocenters. The predicted octanol–water partition coefficient (Wildman–Crippen LogP) is 1.91. The minimum Gasteiger partial charge on any atom is -0.382 e. The fourth-order valence-electron chi connectivity index (χ4n) is 3.37. The van der Waals surface area contributed by atoms with Gasteiger partial charge in [-0.2, -0.15) is 0 Å². The Morgan fingerprint density at radius 2 is 2.16 bits per heavy atom. The van der Waals surface area contributed by atoms with E-state index < -0.39 is 0 Å². The third-order valence-electron chi connectivity index (χ3n) is 4.79. The molecule has 3 heterocycles. The second-order valence-corrected chi connectivity index (χ2v) is 6.72. The monoisotopic (exact) mass is 342 g/mol. The van der Waals surface area contributed by atoms with Crippen molar-refractivity contribution in [3.63, 3.8) is 0 Å². The number of nitrogens with two attached hydrogens (primary N) is 1. The number of amides is 1. The van der Waals surface area contributed by atoms with Crippen LogP contribution in [0.1, 0.15) is 37.8 Å². The van der Waals surface area contributed by atoms with Crippen LogP contribution in [0, 0.1) is 5.92 Å². The smallest absolute Gasteiger partial charge is 0.222 e. The molecule has 0 aromatic carbocycles. The Bertz CT molecular complexity index is 655. The van der Waals surface area contributed by atoms with Crippen LogP contribution in [0.3, 0.4) is 0 Å². The van der Waals surface area contributed by atoms with Gasteiger partial charge in [0.2, 0.25) is 5.91 Å². The molecule has 1 amide bonds. The molecule has 2 N–H and O–H groups in total. The van der Waals surface area contributed by atoms with E-state index in [0.29, 0.717) is 18.2 Å². The van der Waals surface area contributed by atoms with E-state index in [0.717, 1.165) is 57.4 Å². The van der Waals surface area contributed by atoms with Crippen LogP contribution in [0.5, 0.6) is 0 Å². The standard InChI is InChI=1S/C18H26N6O/c19-17-13-21-16(12-22-17)11-15-3-1-8-24(9-5-15)18(25)4-2-7-23-10-6-20-14-23/h6,10,12-15H,1-5,7-9,11H2,(H2,19,22)/t15-/m1/s1. The first-order valence-electron chi connectivity index (χ1n) is 9.00. The molecule has 0 aliphatic carbocycles. The normalized spacial score (nSPS) is 18.1. The number of aryl methyl sites for hydroxylation is 1. The van der Waals surface area contributed by atoms with Crippen molar-refractivity contribution in [1.82, 2.24) is 24.4 Å². The van der Waals surface area contributed by atoms with E-state index in [1.54, 1.807) is 24.9 Å². The highest BCUT2D eigenvalue weighted by atomic mass is 16.2. The lowest BCUT2D eigenvalue weighted by molar-refractivity contribution is -0.131. The molecular weight excluding hydrogens is 316 g/mol. The van der Waals surface area contributed by atoms with Crippen LogP contribution in [0.4, 0.5) is 5.82 Å². The van der Waals surface area contributed by atoms with Crippen LogP contribution in [0.15, 0.2) is 31.1 Å². The molecule has 0 radical (unpaired) electrons. The Hall–Kier alpha value is -2.44. The molecule has 2 aromatic rings. The molecule has 1 aliphatic rings. The highest BCUT2D eigenvalue weighted by molar-refractivity contribution is 5.76. The van der Waals surface area contributed by atoms with E-state index >= 15 is 0 Å². The number of nitrogen functional groups attached to an aromatic ring is 1. The second kappa shape index (κ2) is 8.60. The summed E-state index contributed by atoms with van der Waals surface area (Å²) < 4.78 is 2.01. The first kappa shape index (κ1) is 17.4. The summed E-state index contributed by atoms with van der Waals surface area (Å²) in [6.07, 6.45) is 14.5. The van der Waals surface area contributed by atoms with Crippen molar-refractivity contribution in [2.45, 2.75) is 45.1 Å². The maximum absolute atomic E-state index is 12.4. The van der Waals surface area contributed by atoms with Gasteiger partial charge in [-0.15, -0.1) is 0 Å². The number of hydrogen-bond acceptors (Lipinski definition) is 5. The van der Waals surface area contributed by atoms with Crippen molar-refractivity contribution >= 4 is 11.7 Å². The zero-order chi connectivity index (χ0) is 17.5. The Balaban J connectivity index is 1.42. The zero-order valence-electron chi connectivity index (χ0n) is 14.5. The number of carbonyl (C=O) groups excluding carboxylic acids is 1. The molecule has 7 heteroatoms. The average molecular weight is 342 g/mol. The number of carbonyl (C=O) groups is 1. The summed E-state index contributed by atoms with van der Waals surface area (Å²) in [5.74, 6) is 1.28. The van der Waals surface area contributed by atoms with E-state index in [2.05, 4.69) is 15.0 Å². The molecule has 1 atom stereocenters. The van der Waals surface area contributed by atoms with Crippen molar-refractivity contribution in [2.24, 2.45) is 5.92 Å². The number of rotatable bonds is 6. The molecule has 1 saturated heterocycles. The first-order valence-corrected chi connectivity index (χ1v) is 9.00. The Morgan fingerprint density at radius 1 is 1.24 bits per heavy atom. The maximum Gasteiger partial charge on any atom is 0.222 e. The molecule has 7 nitrogen and oxygen atoms in total. The van der Waals surface area contributed by atoms with Gasteiger partial charge in [-0.1, -0.05) is 0 Å². The van der Waals surface area contributed by atoms with Crippen molar-refractivity contribution in [3.05, 3.63) is 36.8 Å². The van der Waals surface area contributed by atoms with Crippen molar-refractivity contribution in [2.75, 3.05) is 18.8 Å². The SMILES string of the molecule is Nc1cnc(C[C@@H]2CCCN(C(=O)CCCn3ccnc3)CC2)cn1. The summed E-state index contributed by atoms with van der Waals surface area (Å²) in [6.45, 7) is 2.56. The zero-order valence-corrected chi connectivity index (χ0v) is 14.5. The van der Waals surface area contributed by atoms with Gasteiger partial charge in [0.25, 0.3) is 0 Å². The highest BCUT2D eigenvalue weighted by Crippen LogP contribution is 2.21. The van der Waals surface area contributed by atoms with Gasteiger partial charge < -0.3 is 15.2 Å². The first-order chi connectivity index (χ1) is 12.2. The predicted molar refractivity (Wildman–Crippen MR) is 95.5 cm³/mol. The van der Waals surface area contributed by atoms with Crippen LogP contribution in [0.2, 0.25) is 0 Å². The van der Waals surface area contributed by atoms with E-state index in [-0.39, 0.29) is 5.91 Å². The van der Waals surface area contributed by atoms with E-state index in [1.165, 1.54) is 0 Å². The van der Waals surface area contributed by atoms with Crippen molar-refractivity contribution < 1.29 is 4.79 Å². The molecule has 3 rings (SSSR count). The van der Waals surface area contributed by atoms with Gasteiger partial charge in [0.1, 0.15) is 5.82 Å². The lowest BCUT2D eigenvalue weighted by Crippen LogP contribution is -2.32. The average Bonchev–Trinajstić information content (AvgIpc) is 3.02. The van der Waals surface area contributed by atoms with E-state index in [4.69, 9.17) is 5.73 Å². The number of hydrogen-bond donors (Lipinski definition) is 1. The molecule has 0 spiro atoms. The lowest BCUT2D eigenvalue weighted by Gasteiger charge is -2.20. The van der Waals surface area contributed by atoms with Crippen LogP contribution < -0.4 is 5.73 Å². The van der Waals surface area contributed by atoms with Crippen LogP contribution in [0.25, 0.3) is 0 Å². The molecular formula is C18H26N6O. The Labute approximate surface area is 148 Å². The van der Waals surface area contributed by atoms with Gasteiger partial charge in [-0.25, -0.2) is 9.97 Å². The number of aromatic nitrogens is 4. The maximum atomic E-state index is 12.4. The summed E-state index contributed by atoms with van der Waals surface area (Å²) >= 11 is 0. The number of anilines is 1. The van der Waals surface area contributed by atoms with Crippen LogP contribution in [-0.2, 0) is 17.8 Å². The minimum absolute atomic E-state index is 0.271. The van der Waals surface area contributed by atoms with Crippen molar-refractivity contribution in [1.29, 1.82) is 0 Å². The Morgan fingerprint density at radius 3 is 2.92 bits per heavy atom. The van der Waals surface area contributed by atoms with Gasteiger partial charge in [0, 0.05) is 38.4 Å². The largest absolute Gasteiger partial charge is 0.382 e. The molecule has 25 heavy (non-hydrogen) atoms. The van der Waals surface area contributed by atoms with E-state index in [9.17, 15) is 4.79 Å². The van der Waals surface area contributed by atoms with Gasteiger partial charge >= 0.3 is 0 Å². The summed E-state index contributed by atoms with van der Waals surface area (Å²) in [7, 11) is 0. The van der Waals surface area contributed by atoms with Crippen LogP contribution in [-0.4, -0.2) is 43.4 Å². The van der Waals surface area contributed by atoms with Gasteiger partial charge in [-0.3, -0.25) is 9.78 Å². The fraction of sp³-hybridized carbons (Fsp3) is 0.556. The quantitative estimate of drug-likeness (QED) is 0.866. The Kier molecular flexibility index (Phi) is 5.98. The number of likely N-dealkylation sites (tertiary alicyclic amines) is 1. The third kappa shape index (κ3) is 5.27. The molecule has 134 valence electrons. The van der Waals surface area contributed by atoms with E-state index in [1.807, 2.05) is 15.7 Å². The second-order valence-electron chi connectivity index (χ2n) is 6.72.